The van der Waals surface area contributed by atoms with Crippen LogP contribution in [0.2, 0.25) is 5.02 Å². The number of fused-ring (bicyclic) bond motifs is 1. The number of hydrogen-bond acceptors (Lipinski definition) is 6. The summed E-state index contributed by atoms with van der Waals surface area (Å²) in [6, 6.07) is 4.83. The lowest BCUT2D eigenvalue weighted by atomic mass is 10.2. The highest BCUT2D eigenvalue weighted by molar-refractivity contribution is 8.01. The van der Waals surface area contributed by atoms with Crippen molar-refractivity contribution in [2.24, 2.45) is 0 Å². The van der Waals surface area contributed by atoms with E-state index in [1.807, 2.05) is 0 Å². The van der Waals surface area contributed by atoms with Crippen LogP contribution in [0.5, 0.6) is 0 Å². The second-order valence-corrected chi connectivity index (χ2v) is 9.36. The topological polar surface area (TPSA) is 89.3 Å². The normalized spacial score (nSPS) is 22.8. The number of aliphatic hydroxyl groups excluding tert-OH is 1. The van der Waals surface area contributed by atoms with Crippen molar-refractivity contribution in [3.8, 4) is 0 Å². The second-order valence-electron chi connectivity index (χ2n) is 5.56. The van der Waals surface area contributed by atoms with Gasteiger partial charge >= 0.3 is 0 Å². The van der Waals surface area contributed by atoms with Gasteiger partial charge in [-0.15, -0.1) is 6.58 Å². The Morgan fingerprint density at radius 1 is 1.46 bits per heavy atom. The number of aromatic nitrogens is 2. The van der Waals surface area contributed by atoms with E-state index in [0.717, 1.165) is 11.8 Å². The SMILES string of the molecule is C=CCn1c(S[C@H]2CS(=O)(=O)C[C@@H]2O)nc2ccc(Cl)cc2c1=O. The van der Waals surface area contributed by atoms with Gasteiger partial charge in [-0.25, -0.2) is 13.4 Å². The number of rotatable bonds is 4. The van der Waals surface area contributed by atoms with Gasteiger partial charge in [0.05, 0.1) is 33.8 Å². The standard InChI is InChI=1S/C15H15ClN2O4S2/c1-2-5-18-14(20)10-6-9(16)3-4-11(10)17-15(18)23-13-8-24(21,22)7-12(13)19/h2-4,6,12-13,19H,1,5,7-8H2/t12-,13-/m0/s1. The molecule has 0 spiro atoms. The Bertz CT molecular complexity index is 971. The largest absolute Gasteiger partial charge is 0.391 e. The Labute approximate surface area is 148 Å². The summed E-state index contributed by atoms with van der Waals surface area (Å²) in [5.41, 5.74) is 0.197. The summed E-state index contributed by atoms with van der Waals surface area (Å²) in [6.45, 7) is 3.87. The molecule has 1 aromatic heterocycles. The highest BCUT2D eigenvalue weighted by Crippen LogP contribution is 2.30. The molecule has 2 heterocycles. The molecule has 0 unspecified atom stereocenters. The molecule has 6 nitrogen and oxygen atoms in total. The Balaban J connectivity index is 2.09. The van der Waals surface area contributed by atoms with E-state index >= 15 is 0 Å². The number of nitrogens with zero attached hydrogens (tertiary/aromatic N) is 2. The van der Waals surface area contributed by atoms with Crippen LogP contribution in [0.15, 0.2) is 40.8 Å². The molecular formula is C15H15ClN2O4S2. The molecule has 0 saturated carbocycles. The third-order valence-electron chi connectivity index (χ3n) is 3.72. The average molecular weight is 387 g/mol. The molecule has 0 aliphatic carbocycles. The Morgan fingerprint density at radius 2 is 2.21 bits per heavy atom. The van der Waals surface area contributed by atoms with Crippen LogP contribution in [0, 0.1) is 0 Å². The number of sulfone groups is 1. The van der Waals surface area contributed by atoms with Crippen LogP contribution < -0.4 is 5.56 Å². The molecule has 1 fully saturated rings. The molecule has 24 heavy (non-hydrogen) atoms. The van der Waals surface area contributed by atoms with Gasteiger partial charge in [0, 0.05) is 11.6 Å². The first-order valence-corrected chi connectivity index (χ1v) is 10.2. The van der Waals surface area contributed by atoms with Crippen LogP contribution in [-0.4, -0.2) is 45.9 Å². The van der Waals surface area contributed by atoms with Crippen molar-refractivity contribution in [1.82, 2.24) is 9.55 Å². The highest BCUT2D eigenvalue weighted by atomic mass is 35.5. The van der Waals surface area contributed by atoms with Crippen LogP contribution in [-0.2, 0) is 16.4 Å². The molecular weight excluding hydrogens is 372 g/mol. The van der Waals surface area contributed by atoms with Crippen molar-refractivity contribution >= 4 is 44.1 Å². The van der Waals surface area contributed by atoms with Crippen molar-refractivity contribution in [3.63, 3.8) is 0 Å². The summed E-state index contributed by atoms with van der Waals surface area (Å²) >= 11 is 7.05. The third kappa shape index (κ3) is 3.37. The van der Waals surface area contributed by atoms with Crippen molar-refractivity contribution in [3.05, 3.63) is 46.2 Å². The lowest BCUT2D eigenvalue weighted by Gasteiger charge is -2.16. The van der Waals surface area contributed by atoms with Crippen molar-refractivity contribution in [2.75, 3.05) is 11.5 Å². The van der Waals surface area contributed by atoms with Crippen LogP contribution in [0.3, 0.4) is 0 Å². The molecule has 1 aliphatic heterocycles. The number of halogens is 1. The van der Waals surface area contributed by atoms with Crippen LogP contribution in [0.4, 0.5) is 0 Å². The first-order chi connectivity index (χ1) is 11.3. The molecule has 1 aliphatic rings. The minimum Gasteiger partial charge on any atom is -0.391 e. The molecule has 0 amide bonds. The fourth-order valence-electron chi connectivity index (χ4n) is 2.60. The number of aliphatic hydroxyl groups is 1. The zero-order chi connectivity index (χ0) is 17.5. The quantitative estimate of drug-likeness (QED) is 0.632. The number of thioether (sulfide) groups is 1. The van der Waals surface area contributed by atoms with E-state index < -0.39 is 21.2 Å². The zero-order valence-electron chi connectivity index (χ0n) is 12.6. The Kier molecular flexibility index (Phi) is 4.74. The fourth-order valence-corrected chi connectivity index (χ4v) is 6.36. The predicted molar refractivity (Wildman–Crippen MR) is 95.5 cm³/mol. The maximum absolute atomic E-state index is 12.7. The first kappa shape index (κ1) is 17.5. The highest BCUT2D eigenvalue weighted by Gasteiger charge is 2.38. The summed E-state index contributed by atoms with van der Waals surface area (Å²) < 4.78 is 24.8. The lowest BCUT2D eigenvalue weighted by molar-refractivity contribution is 0.207. The lowest BCUT2D eigenvalue weighted by Crippen LogP contribution is -2.26. The van der Waals surface area contributed by atoms with Crippen molar-refractivity contribution in [2.45, 2.75) is 23.1 Å². The van der Waals surface area contributed by atoms with Gasteiger partial charge in [0.15, 0.2) is 15.0 Å². The van der Waals surface area contributed by atoms with Gasteiger partial charge in [-0.3, -0.25) is 9.36 Å². The zero-order valence-corrected chi connectivity index (χ0v) is 14.9. The van der Waals surface area contributed by atoms with E-state index in [2.05, 4.69) is 11.6 Å². The van der Waals surface area contributed by atoms with Gasteiger partial charge in [-0.2, -0.15) is 0 Å². The van der Waals surface area contributed by atoms with Gasteiger partial charge in [-0.05, 0) is 18.2 Å². The van der Waals surface area contributed by atoms with Gasteiger partial charge in [0.25, 0.3) is 5.56 Å². The van der Waals surface area contributed by atoms with Crippen molar-refractivity contribution in [1.29, 1.82) is 0 Å². The number of hydrogen-bond donors (Lipinski definition) is 1. The van der Waals surface area contributed by atoms with E-state index in [-0.39, 0.29) is 23.6 Å². The average Bonchev–Trinajstić information content (AvgIpc) is 2.76. The molecule has 1 N–H and O–H groups in total. The molecule has 3 rings (SSSR count). The summed E-state index contributed by atoms with van der Waals surface area (Å²) in [6.07, 6.45) is 0.584. The fraction of sp³-hybridized carbons (Fsp3) is 0.333. The number of allylic oxidation sites excluding steroid dienone is 1. The molecule has 128 valence electrons. The van der Waals surface area contributed by atoms with Gasteiger partial charge < -0.3 is 5.11 Å². The first-order valence-electron chi connectivity index (χ1n) is 7.17. The predicted octanol–water partition coefficient (Wildman–Crippen LogP) is 1.49. The molecule has 0 bridgehead atoms. The van der Waals surface area contributed by atoms with Crippen LogP contribution >= 0.6 is 23.4 Å². The van der Waals surface area contributed by atoms with Gasteiger partial charge in [-0.1, -0.05) is 29.4 Å². The molecule has 0 radical (unpaired) electrons. The minimum atomic E-state index is -3.27. The maximum Gasteiger partial charge on any atom is 0.262 e. The molecule has 1 saturated heterocycles. The summed E-state index contributed by atoms with van der Waals surface area (Å²) in [5.74, 6) is -0.402. The van der Waals surface area contributed by atoms with E-state index in [9.17, 15) is 18.3 Å². The minimum absolute atomic E-state index is 0.137. The summed E-state index contributed by atoms with van der Waals surface area (Å²) in [4.78, 5) is 17.2. The molecule has 2 aromatic rings. The van der Waals surface area contributed by atoms with Crippen LogP contribution in [0.1, 0.15) is 0 Å². The van der Waals surface area contributed by atoms with E-state index in [1.165, 1.54) is 4.57 Å². The second kappa shape index (κ2) is 6.51. The monoisotopic (exact) mass is 386 g/mol. The molecule has 9 heteroatoms. The number of benzene rings is 1. The Morgan fingerprint density at radius 3 is 2.83 bits per heavy atom. The van der Waals surface area contributed by atoms with E-state index in [0.29, 0.717) is 21.1 Å². The molecule has 2 atom stereocenters. The van der Waals surface area contributed by atoms with Gasteiger partial charge in [0.2, 0.25) is 0 Å². The van der Waals surface area contributed by atoms with E-state index in [4.69, 9.17) is 11.6 Å². The molecule has 1 aromatic carbocycles. The summed E-state index contributed by atoms with van der Waals surface area (Å²) in [7, 11) is -3.27. The smallest absolute Gasteiger partial charge is 0.262 e. The maximum atomic E-state index is 12.7. The van der Waals surface area contributed by atoms with E-state index in [1.54, 1.807) is 24.3 Å². The third-order valence-corrected chi connectivity index (χ3v) is 7.19. The van der Waals surface area contributed by atoms with Gasteiger partial charge in [0.1, 0.15) is 0 Å². The van der Waals surface area contributed by atoms with Crippen LogP contribution in [0.25, 0.3) is 10.9 Å². The Hall–Kier alpha value is -1.35. The van der Waals surface area contributed by atoms with Crippen molar-refractivity contribution < 1.29 is 13.5 Å². The summed E-state index contributed by atoms with van der Waals surface area (Å²) in [5, 5.41) is 10.6.